The van der Waals surface area contributed by atoms with Crippen LogP contribution in [-0.2, 0) is 23.1 Å². The van der Waals surface area contributed by atoms with Gasteiger partial charge in [-0.2, -0.15) is 0 Å². The van der Waals surface area contributed by atoms with Gasteiger partial charge in [-0.05, 0) is 41.8 Å². The molecule has 0 saturated carbocycles. The highest BCUT2D eigenvalue weighted by molar-refractivity contribution is 9.10. The molecule has 0 unspecified atom stereocenters. The van der Waals surface area contributed by atoms with E-state index in [4.69, 9.17) is 0 Å². The Hall–Kier alpha value is -1.37. The lowest BCUT2D eigenvalue weighted by molar-refractivity contribution is 0.281. The number of nitrogens with one attached hydrogen (secondary N) is 1. The standard InChI is InChI=1S/C15H16BrNO3S/c1-2-12-7-6-11(10-18)8-15(12)21(19,20)17-14-5-3-4-13(16)9-14/h3-9,17-18H,2,10H2,1H3. The van der Waals surface area contributed by atoms with E-state index in [1.165, 1.54) is 6.07 Å². The fourth-order valence-electron chi connectivity index (χ4n) is 2.00. The van der Waals surface area contributed by atoms with Gasteiger partial charge in [0.05, 0.1) is 11.5 Å². The number of halogens is 1. The number of hydrogen-bond donors (Lipinski definition) is 2. The fourth-order valence-corrected chi connectivity index (χ4v) is 3.81. The number of anilines is 1. The summed E-state index contributed by atoms with van der Waals surface area (Å²) in [7, 11) is -3.69. The van der Waals surface area contributed by atoms with Gasteiger partial charge in [-0.1, -0.05) is 41.1 Å². The molecule has 0 aliphatic rings. The van der Waals surface area contributed by atoms with Crippen molar-refractivity contribution < 1.29 is 13.5 Å². The molecule has 0 aliphatic carbocycles. The molecule has 0 aliphatic heterocycles. The Morgan fingerprint density at radius 1 is 1.19 bits per heavy atom. The average Bonchev–Trinajstić information content (AvgIpc) is 2.46. The lowest BCUT2D eigenvalue weighted by atomic mass is 10.1. The molecule has 2 rings (SSSR count). The van der Waals surface area contributed by atoms with Gasteiger partial charge in [-0.15, -0.1) is 0 Å². The maximum Gasteiger partial charge on any atom is 0.262 e. The number of benzene rings is 2. The van der Waals surface area contributed by atoms with Gasteiger partial charge >= 0.3 is 0 Å². The summed E-state index contributed by atoms with van der Waals surface area (Å²) in [6.45, 7) is 1.70. The predicted octanol–water partition coefficient (Wildman–Crippen LogP) is 3.30. The normalized spacial score (nSPS) is 11.4. The number of aliphatic hydroxyl groups is 1. The minimum atomic E-state index is -3.69. The highest BCUT2D eigenvalue weighted by Gasteiger charge is 2.18. The van der Waals surface area contributed by atoms with Crippen LogP contribution in [0.5, 0.6) is 0 Å². The van der Waals surface area contributed by atoms with Gasteiger partial charge in [-0.3, -0.25) is 4.72 Å². The molecule has 21 heavy (non-hydrogen) atoms. The lowest BCUT2D eigenvalue weighted by Crippen LogP contribution is -2.15. The van der Waals surface area contributed by atoms with Gasteiger partial charge in [0.25, 0.3) is 10.0 Å². The zero-order valence-corrected chi connectivity index (χ0v) is 13.9. The zero-order valence-electron chi connectivity index (χ0n) is 11.5. The smallest absolute Gasteiger partial charge is 0.262 e. The molecule has 2 aromatic carbocycles. The summed E-state index contributed by atoms with van der Waals surface area (Å²) in [4.78, 5) is 0.205. The molecule has 0 heterocycles. The summed E-state index contributed by atoms with van der Waals surface area (Å²) in [5.74, 6) is 0. The lowest BCUT2D eigenvalue weighted by Gasteiger charge is -2.13. The van der Waals surface area contributed by atoms with Crippen LogP contribution in [0, 0.1) is 0 Å². The SMILES string of the molecule is CCc1ccc(CO)cc1S(=O)(=O)Nc1cccc(Br)c1. The van der Waals surface area contributed by atoms with Crippen LogP contribution in [0.2, 0.25) is 0 Å². The van der Waals surface area contributed by atoms with E-state index in [-0.39, 0.29) is 11.5 Å². The number of aryl methyl sites for hydroxylation is 1. The molecule has 0 atom stereocenters. The second-order valence-corrected chi connectivity index (χ2v) is 7.14. The second-order valence-electron chi connectivity index (χ2n) is 4.57. The molecule has 0 fully saturated rings. The molecular weight excluding hydrogens is 354 g/mol. The van der Waals surface area contributed by atoms with E-state index in [1.54, 1.807) is 30.3 Å². The van der Waals surface area contributed by atoms with Gasteiger partial charge < -0.3 is 5.11 Å². The number of rotatable bonds is 5. The van der Waals surface area contributed by atoms with Crippen LogP contribution in [-0.4, -0.2) is 13.5 Å². The highest BCUT2D eigenvalue weighted by Crippen LogP contribution is 2.23. The third-order valence-corrected chi connectivity index (χ3v) is 5.02. The molecule has 0 radical (unpaired) electrons. The number of hydrogen-bond acceptors (Lipinski definition) is 3. The van der Waals surface area contributed by atoms with Gasteiger partial charge in [0.15, 0.2) is 0 Å². The van der Waals surface area contributed by atoms with E-state index in [0.717, 1.165) is 10.0 Å². The molecule has 0 saturated heterocycles. The Balaban J connectivity index is 2.43. The molecule has 0 spiro atoms. The van der Waals surface area contributed by atoms with E-state index in [1.807, 2.05) is 13.0 Å². The third kappa shape index (κ3) is 3.84. The van der Waals surface area contributed by atoms with Crippen LogP contribution in [0.15, 0.2) is 51.8 Å². The Morgan fingerprint density at radius 3 is 2.57 bits per heavy atom. The molecule has 4 nitrogen and oxygen atoms in total. The summed E-state index contributed by atoms with van der Waals surface area (Å²) in [5, 5.41) is 9.20. The number of sulfonamides is 1. The van der Waals surface area contributed by atoms with Crippen molar-refractivity contribution in [3.8, 4) is 0 Å². The number of aliphatic hydroxyl groups excluding tert-OH is 1. The minimum Gasteiger partial charge on any atom is -0.392 e. The Kier molecular flexibility index (Phi) is 5.03. The van der Waals surface area contributed by atoms with Crippen molar-refractivity contribution in [2.75, 3.05) is 4.72 Å². The van der Waals surface area contributed by atoms with E-state index in [2.05, 4.69) is 20.7 Å². The summed E-state index contributed by atoms with van der Waals surface area (Å²) in [5.41, 5.74) is 1.78. The van der Waals surface area contributed by atoms with Crippen LogP contribution < -0.4 is 4.72 Å². The first-order valence-electron chi connectivity index (χ1n) is 6.47. The summed E-state index contributed by atoms with van der Waals surface area (Å²) in [6, 6.07) is 11.9. The van der Waals surface area contributed by atoms with Crippen molar-refractivity contribution in [1.82, 2.24) is 0 Å². The zero-order chi connectivity index (χ0) is 15.5. The molecule has 0 amide bonds. The van der Waals surface area contributed by atoms with Crippen molar-refractivity contribution >= 4 is 31.6 Å². The fraction of sp³-hybridized carbons (Fsp3) is 0.200. The van der Waals surface area contributed by atoms with Crippen LogP contribution in [0.25, 0.3) is 0 Å². The molecule has 6 heteroatoms. The topological polar surface area (TPSA) is 66.4 Å². The van der Waals surface area contributed by atoms with E-state index in [0.29, 0.717) is 17.7 Å². The maximum atomic E-state index is 12.6. The summed E-state index contributed by atoms with van der Waals surface area (Å²) in [6.07, 6.45) is 0.598. The van der Waals surface area contributed by atoms with Crippen LogP contribution in [0.1, 0.15) is 18.1 Å². The van der Waals surface area contributed by atoms with Gasteiger partial charge in [0.1, 0.15) is 0 Å². The van der Waals surface area contributed by atoms with Crippen molar-refractivity contribution in [2.24, 2.45) is 0 Å². The molecule has 0 aromatic heterocycles. The minimum absolute atomic E-state index is 0.191. The summed E-state index contributed by atoms with van der Waals surface area (Å²) >= 11 is 3.31. The van der Waals surface area contributed by atoms with E-state index in [9.17, 15) is 13.5 Å². The van der Waals surface area contributed by atoms with Crippen LogP contribution >= 0.6 is 15.9 Å². The quantitative estimate of drug-likeness (QED) is 0.849. The molecule has 0 bridgehead atoms. The van der Waals surface area contributed by atoms with E-state index >= 15 is 0 Å². The first-order chi connectivity index (χ1) is 9.96. The Labute approximate surface area is 133 Å². The highest BCUT2D eigenvalue weighted by atomic mass is 79.9. The molecule has 112 valence electrons. The average molecular weight is 370 g/mol. The van der Waals surface area contributed by atoms with Gasteiger partial charge in [0.2, 0.25) is 0 Å². The first-order valence-corrected chi connectivity index (χ1v) is 8.75. The largest absolute Gasteiger partial charge is 0.392 e. The molecular formula is C15H16BrNO3S. The second kappa shape index (κ2) is 6.60. The predicted molar refractivity (Wildman–Crippen MR) is 86.7 cm³/mol. The molecule has 2 N–H and O–H groups in total. The maximum absolute atomic E-state index is 12.6. The third-order valence-electron chi connectivity index (χ3n) is 3.06. The Bertz CT molecular complexity index is 744. The van der Waals surface area contributed by atoms with Crippen molar-refractivity contribution in [2.45, 2.75) is 24.8 Å². The van der Waals surface area contributed by atoms with Crippen LogP contribution in [0.4, 0.5) is 5.69 Å². The van der Waals surface area contributed by atoms with Crippen LogP contribution in [0.3, 0.4) is 0 Å². The molecule has 2 aromatic rings. The van der Waals surface area contributed by atoms with E-state index < -0.39 is 10.0 Å². The monoisotopic (exact) mass is 369 g/mol. The first kappa shape index (κ1) is 16.0. The van der Waals surface area contributed by atoms with Crippen molar-refractivity contribution in [3.05, 3.63) is 58.1 Å². The van der Waals surface area contributed by atoms with Crippen molar-refractivity contribution in [3.63, 3.8) is 0 Å². The Morgan fingerprint density at radius 2 is 1.95 bits per heavy atom. The van der Waals surface area contributed by atoms with Gasteiger partial charge in [-0.25, -0.2) is 8.42 Å². The summed E-state index contributed by atoms with van der Waals surface area (Å²) < 4.78 is 28.5. The van der Waals surface area contributed by atoms with Crippen molar-refractivity contribution in [1.29, 1.82) is 0 Å². The van der Waals surface area contributed by atoms with Gasteiger partial charge in [0, 0.05) is 10.2 Å².